The van der Waals surface area contributed by atoms with E-state index in [9.17, 15) is 8.42 Å². The maximum Gasteiger partial charge on any atom is 0.260 e. The minimum Gasteiger partial charge on any atom is -0.335 e. The molecule has 1 N–H and O–H groups in total. The molecule has 1 heterocycles. The van der Waals surface area contributed by atoms with E-state index in [0.29, 0.717) is 6.54 Å². The predicted molar refractivity (Wildman–Crippen MR) is 71.4 cm³/mol. The topological polar surface area (TPSA) is 66.1 Å². The summed E-state index contributed by atoms with van der Waals surface area (Å²) < 4.78 is 26.5. The molecular formula is C11H12BrN3O2S. The lowest BCUT2D eigenvalue weighted by Crippen LogP contribution is -2.26. The molecule has 5 nitrogen and oxygen atoms in total. The summed E-state index contributed by atoms with van der Waals surface area (Å²) in [4.78, 5) is 6.33. The average molecular weight is 330 g/mol. The second kappa shape index (κ2) is 5.21. The molecule has 0 saturated heterocycles. The standard InChI is InChI=1S/C11H12BrN3O2S/c1-15(7-9-3-2-4-10(12)5-9)18(16,17)11-6-13-8-14-11/h2-6,8H,7H2,1H3,(H,13,14). The molecule has 0 saturated carbocycles. The highest BCUT2D eigenvalue weighted by atomic mass is 79.9. The zero-order chi connectivity index (χ0) is 13.2. The molecule has 18 heavy (non-hydrogen) atoms. The molecule has 2 rings (SSSR count). The molecule has 0 unspecified atom stereocenters. The zero-order valence-electron chi connectivity index (χ0n) is 9.67. The van der Waals surface area contributed by atoms with Crippen molar-refractivity contribution in [1.82, 2.24) is 14.3 Å². The molecule has 0 radical (unpaired) electrons. The number of aromatic amines is 1. The average Bonchev–Trinajstić information content (AvgIpc) is 2.82. The largest absolute Gasteiger partial charge is 0.335 e. The molecular weight excluding hydrogens is 318 g/mol. The number of nitrogens with zero attached hydrogens (tertiary/aromatic N) is 2. The minimum atomic E-state index is -3.51. The summed E-state index contributed by atoms with van der Waals surface area (Å²) in [5, 5.41) is 0.0972. The maximum atomic E-state index is 12.1. The Bertz CT molecular complexity index is 625. The number of sulfonamides is 1. The summed E-state index contributed by atoms with van der Waals surface area (Å²) in [6, 6.07) is 7.53. The second-order valence-electron chi connectivity index (χ2n) is 3.81. The first-order valence-corrected chi connectivity index (χ1v) is 7.42. The Morgan fingerprint density at radius 2 is 2.22 bits per heavy atom. The normalized spacial score (nSPS) is 11.9. The first-order chi connectivity index (χ1) is 8.50. The highest BCUT2D eigenvalue weighted by Gasteiger charge is 2.22. The van der Waals surface area contributed by atoms with Gasteiger partial charge in [0, 0.05) is 18.1 Å². The fourth-order valence-corrected chi connectivity index (χ4v) is 3.03. The van der Waals surface area contributed by atoms with Crippen LogP contribution in [0, 0.1) is 0 Å². The lowest BCUT2D eigenvalue weighted by molar-refractivity contribution is 0.464. The number of hydrogen-bond acceptors (Lipinski definition) is 3. The molecule has 7 heteroatoms. The smallest absolute Gasteiger partial charge is 0.260 e. The highest BCUT2D eigenvalue weighted by molar-refractivity contribution is 9.10. The highest BCUT2D eigenvalue weighted by Crippen LogP contribution is 2.16. The molecule has 2 aromatic rings. The van der Waals surface area contributed by atoms with Crippen LogP contribution in [0.1, 0.15) is 5.56 Å². The van der Waals surface area contributed by atoms with Gasteiger partial charge >= 0.3 is 0 Å². The molecule has 1 aromatic carbocycles. The van der Waals surface area contributed by atoms with E-state index < -0.39 is 10.0 Å². The van der Waals surface area contributed by atoms with Crippen LogP contribution in [0.2, 0.25) is 0 Å². The third-order valence-electron chi connectivity index (χ3n) is 2.46. The van der Waals surface area contributed by atoms with E-state index in [-0.39, 0.29) is 5.03 Å². The van der Waals surface area contributed by atoms with Gasteiger partial charge in [-0.05, 0) is 17.7 Å². The van der Waals surface area contributed by atoms with Crippen LogP contribution in [0.3, 0.4) is 0 Å². The quantitative estimate of drug-likeness (QED) is 0.932. The lowest BCUT2D eigenvalue weighted by atomic mass is 10.2. The SMILES string of the molecule is CN(Cc1cccc(Br)c1)S(=O)(=O)c1cnc[nH]1. The Balaban J connectivity index is 2.20. The molecule has 1 aromatic heterocycles. The lowest BCUT2D eigenvalue weighted by Gasteiger charge is -2.16. The maximum absolute atomic E-state index is 12.1. The van der Waals surface area contributed by atoms with Gasteiger partial charge in [0.25, 0.3) is 10.0 Å². The minimum absolute atomic E-state index is 0.0972. The van der Waals surface area contributed by atoms with Gasteiger partial charge in [-0.2, -0.15) is 4.31 Å². The number of imidazole rings is 1. The van der Waals surface area contributed by atoms with Crippen molar-refractivity contribution in [2.75, 3.05) is 7.05 Å². The van der Waals surface area contributed by atoms with Gasteiger partial charge in [0.1, 0.15) is 0 Å². The molecule has 0 aliphatic heterocycles. The van der Waals surface area contributed by atoms with E-state index in [1.165, 1.54) is 23.9 Å². The van der Waals surface area contributed by atoms with Crippen molar-refractivity contribution >= 4 is 26.0 Å². The van der Waals surface area contributed by atoms with E-state index >= 15 is 0 Å². The van der Waals surface area contributed by atoms with Crippen molar-refractivity contribution in [2.45, 2.75) is 11.6 Å². The van der Waals surface area contributed by atoms with Gasteiger partial charge in [-0.3, -0.25) is 0 Å². The van der Waals surface area contributed by atoms with Crippen LogP contribution < -0.4 is 0 Å². The molecule has 0 bridgehead atoms. The van der Waals surface area contributed by atoms with Gasteiger partial charge in [0.2, 0.25) is 0 Å². The number of aromatic nitrogens is 2. The van der Waals surface area contributed by atoms with E-state index in [2.05, 4.69) is 25.9 Å². The fourth-order valence-electron chi connectivity index (χ4n) is 1.53. The van der Waals surface area contributed by atoms with Crippen LogP contribution >= 0.6 is 15.9 Å². The predicted octanol–water partition coefficient (Wildman–Crippen LogP) is 1.99. The van der Waals surface area contributed by atoms with Gasteiger partial charge in [-0.25, -0.2) is 13.4 Å². The third kappa shape index (κ3) is 2.80. The molecule has 0 aliphatic carbocycles. The van der Waals surface area contributed by atoms with E-state index in [0.717, 1.165) is 10.0 Å². The van der Waals surface area contributed by atoms with E-state index in [4.69, 9.17) is 0 Å². The summed E-state index contributed by atoms with van der Waals surface area (Å²) in [5.41, 5.74) is 0.912. The molecule has 0 atom stereocenters. The third-order valence-corrected chi connectivity index (χ3v) is 4.68. The number of H-pyrrole nitrogens is 1. The number of halogens is 1. The van der Waals surface area contributed by atoms with Crippen LogP contribution in [0.25, 0.3) is 0 Å². The first-order valence-electron chi connectivity index (χ1n) is 5.19. The number of nitrogens with one attached hydrogen (secondary N) is 1. The van der Waals surface area contributed by atoms with Crippen molar-refractivity contribution in [3.05, 3.63) is 46.8 Å². The van der Waals surface area contributed by atoms with Crippen LogP contribution in [-0.4, -0.2) is 29.7 Å². The molecule has 96 valence electrons. The van der Waals surface area contributed by atoms with Gasteiger partial charge in [0.05, 0.1) is 12.5 Å². The first kappa shape index (κ1) is 13.3. The Morgan fingerprint density at radius 3 is 2.83 bits per heavy atom. The molecule has 0 fully saturated rings. The van der Waals surface area contributed by atoms with E-state index in [1.54, 1.807) is 0 Å². The summed E-state index contributed by atoms with van der Waals surface area (Å²) in [6.07, 6.45) is 2.65. The summed E-state index contributed by atoms with van der Waals surface area (Å²) >= 11 is 3.36. The Labute approximate surface area is 114 Å². The summed E-state index contributed by atoms with van der Waals surface area (Å²) in [6.45, 7) is 0.306. The van der Waals surface area contributed by atoms with Crippen LogP contribution in [-0.2, 0) is 16.6 Å². The Morgan fingerprint density at radius 1 is 1.44 bits per heavy atom. The van der Waals surface area contributed by atoms with Gasteiger partial charge in [0.15, 0.2) is 5.03 Å². The van der Waals surface area contributed by atoms with Crippen LogP contribution in [0.4, 0.5) is 0 Å². The van der Waals surface area contributed by atoms with Gasteiger partial charge < -0.3 is 4.98 Å². The number of benzene rings is 1. The molecule has 0 spiro atoms. The van der Waals surface area contributed by atoms with Crippen molar-refractivity contribution in [1.29, 1.82) is 0 Å². The van der Waals surface area contributed by atoms with Crippen LogP contribution in [0.5, 0.6) is 0 Å². The van der Waals surface area contributed by atoms with E-state index in [1.807, 2.05) is 24.3 Å². The van der Waals surface area contributed by atoms with Crippen molar-refractivity contribution in [3.8, 4) is 0 Å². The van der Waals surface area contributed by atoms with Crippen molar-refractivity contribution < 1.29 is 8.42 Å². The van der Waals surface area contributed by atoms with Crippen molar-refractivity contribution in [2.24, 2.45) is 0 Å². The van der Waals surface area contributed by atoms with Crippen LogP contribution in [0.15, 0.2) is 46.3 Å². The fraction of sp³-hybridized carbons (Fsp3) is 0.182. The Hall–Kier alpha value is -1.18. The summed E-state index contributed by atoms with van der Waals surface area (Å²) in [7, 11) is -1.97. The monoisotopic (exact) mass is 329 g/mol. The van der Waals surface area contributed by atoms with Crippen molar-refractivity contribution in [3.63, 3.8) is 0 Å². The van der Waals surface area contributed by atoms with Gasteiger partial charge in [-0.15, -0.1) is 0 Å². The number of rotatable bonds is 4. The van der Waals surface area contributed by atoms with Gasteiger partial charge in [-0.1, -0.05) is 28.1 Å². The Kier molecular flexibility index (Phi) is 3.84. The molecule has 0 amide bonds. The molecule has 0 aliphatic rings. The second-order valence-corrected chi connectivity index (χ2v) is 6.74. The summed E-state index contributed by atoms with van der Waals surface area (Å²) in [5.74, 6) is 0. The number of hydrogen-bond donors (Lipinski definition) is 1. The zero-order valence-corrected chi connectivity index (χ0v) is 12.1.